The highest BCUT2D eigenvalue weighted by Gasteiger charge is 2.28. The number of fused-ring (bicyclic) bond motifs is 1. The van der Waals surface area contributed by atoms with Crippen molar-refractivity contribution in [1.29, 1.82) is 5.41 Å². The van der Waals surface area contributed by atoms with Crippen LogP contribution in [0, 0.1) is 11.3 Å². The highest BCUT2D eigenvalue weighted by atomic mass is 16.5. The first-order chi connectivity index (χ1) is 14.1. The molecule has 0 aliphatic carbocycles. The molecule has 1 amide bonds. The van der Waals surface area contributed by atoms with Gasteiger partial charge in [0.05, 0.1) is 12.3 Å². The maximum atomic E-state index is 12.6. The summed E-state index contributed by atoms with van der Waals surface area (Å²) in [5, 5.41) is 10.1. The van der Waals surface area contributed by atoms with Gasteiger partial charge in [-0.05, 0) is 6.92 Å². The van der Waals surface area contributed by atoms with E-state index < -0.39 is 17.8 Å². The van der Waals surface area contributed by atoms with E-state index in [1.165, 1.54) is 13.4 Å². The second-order valence-corrected chi connectivity index (χ2v) is 5.99. The Hall–Kier alpha value is -3.88. The first-order valence-corrected chi connectivity index (χ1v) is 8.92. The topological polar surface area (TPSA) is 122 Å². The summed E-state index contributed by atoms with van der Waals surface area (Å²) in [6.07, 6.45) is 4.21. The lowest BCUT2D eigenvalue weighted by molar-refractivity contribution is -0.143. The molecule has 2 N–H and O–H groups in total. The first kappa shape index (κ1) is 19.9. The zero-order valence-electron chi connectivity index (χ0n) is 16.0. The maximum absolute atomic E-state index is 12.6. The fraction of sp³-hybridized carbons (Fsp3) is 0.200. The van der Waals surface area contributed by atoms with Crippen molar-refractivity contribution in [3.8, 4) is 11.3 Å². The molecule has 9 nitrogen and oxygen atoms in total. The molecule has 0 radical (unpaired) electrons. The van der Waals surface area contributed by atoms with Crippen molar-refractivity contribution in [2.45, 2.75) is 6.92 Å². The third kappa shape index (κ3) is 4.34. The smallest absolute Gasteiger partial charge is 0.320 e. The summed E-state index contributed by atoms with van der Waals surface area (Å²) in [7, 11) is 1.38. The molecule has 0 saturated heterocycles. The largest absolute Gasteiger partial charge is 0.465 e. The van der Waals surface area contributed by atoms with Gasteiger partial charge in [-0.2, -0.15) is 0 Å². The van der Waals surface area contributed by atoms with Gasteiger partial charge in [0.25, 0.3) is 5.91 Å². The molecule has 3 aromatic rings. The van der Waals surface area contributed by atoms with Gasteiger partial charge in [-0.15, -0.1) is 0 Å². The number of nitrogens with zero attached hydrogens (tertiary/aromatic N) is 4. The molecule has 1 atom stereocenters. The lowest BCUT2D eigenvalue weighted by Crippen LogP contribution is -2.36. The van der Waals surface area contributed by atoms with Gasteiger partial charge in [-0.3, -0.25) is 19.0 Å². The molecule has 148 valence electrons. The summed E-state index contributed by atoms with van der Waals surface area (Å²) < 4.78 is 6.64. The Labute approximate surface area is 167 Å². The Morgan fingerprint density at radius 2 is 2.10 bits per heavy atom. The van der Waals surface area contributed by atoms with Crippen LogP contribution < -0.4 is 5.32 Å². The number of rotatable bonds is 7. The van der Waals surface area contributed by atoms with E-state index in [0.29, 0.717) is 5.65 Å². The molecule has 1 aromatic carbocycles. The molecule has 0 saturated carbocycles. The van der Waals surface area contributed by atoms with Crippen molar-refractivity contribution in [1.82, 2.24) is 14.4 Å². The molecule has 0 spiro atoms. The second kappa shape index (κ2) is 8.87. The van der Waals surface area contributed by atoms with Crippen molar-refractivity contribution in [2.75, 3.05) is 19.0 Å². The highest BCUT2D eigenvalue weighted by molar-refractivity contribution is 6.49. The fourth-order valence-corrected chi connectivity index (χ4v) is 2.76. The number of nitrogens with one attached hydrogen (secondary N) is 2. The van der Waals surface area contributed by atoms with E-state index in [4.69, 9.17) is 10.1 Å². The highest BCUT2D eigenvalue weighted by Crippen LogP contribution is 2.19. The van der Waals surface area contributed by atoms with Crippen LogP contribution in [0.4, 0.5) is 5.82 Å². The van der Waals surface area contributed by atoms with Crippen LogP contribution >= 0.6 is 0 Å². The summed E-state index contributed by atoms with van der Waals surface area (Å²) >= 11 is 0. The number of carbonyl (C=O) groups is 2. The Morgan fingerprint density at radius 3 is 2.76 bits per heavy atom. The maximum Gasteiger partial charge on any atom is 0.320 e. The lowest BCUT2D eigenvalue weighted by atomic mass is 10.0. The molecular weight excluding hydrogens is 372 g/mol. The number of amides is 1. The summed E-state index contributed by atoms with van der Waals surface area (Å²) in [4.78, 5) is 37.2. The van der Waals surface area contributed by atoms with Crippen LogP contribution in [0.3, 0.4) is 0 Å². The average molecular weight is 392 g/mol. The van der Waals surface area contributed by atoms with E-state index in [0.717, 1.165) is 17.5 Å². The van der Waals surface area contributed by atoms with Crippen molar-refractivity contribution in [2.24, 2.45) is 10.9 Å². The van der Waals surface area contributed by atoms with Gasteiger partial charge in [-0.1, -0.05) is 30.3 Å². The van der Waals surface area contributed by atoms with Crippen LogP contribution in [0.2, 0.25) is 0 Å². The number of hydrogen-bond acceptors (Lipinski definition) is 7. The molecule has 0 aliphatic heterocycles. The quantitative estimate of drug-likeness (QED) is 0.472. The molecule has 29 heavy (non-hydrogen) atoms. The number of benzene rings is 1. The van der Waals surface area contributed by atoms with E-state index in [9.17, 15) is 9.59 Å². The summed E-state index contributed by atoms with van der Waals surface area (Å²) in [5.41, 5.74) is 2.20. The number of hydrogen-bond donors (Lipinski definition) is 2. The number of carbonyl (C=O) groups excluding carboxylic acids is 2. The van der Waals surface area contributed by atoms with Crippen molar-refractivity contribution in [3.63, 3.8) is 0 Å². The molecule has 3 rings (SSSR count). The third-order valence-electron chi connectivity index (χ3n) is 4.13. The van der Waals surface area contributed by atoms with Crippen LogP contribution in [-0.4, -0.2) is 51.8 Å². The molecule has 0 fully saturated rings. The minimum atomic E-state index is -1.18. The Balaban J connectivity index is 1.82. The van der Waals surface area contributed by atoms with Crippen LogP contribution in [0.15, 0.2) is 53.9 Å². The number of aromatic nitrogens is 3. The monoisotopic (exact) mass is 392 g/mol. The number of esters is 1. The number of imidazole rings is 1. The van der Waals surface area contributed by atoms with Crippen molar-refractivity contribution < 1.29 is 14.3 Å². The number of aliphatic imine (C=N–C) groups is 1. The zero-order valence-corrected chi connectivity index (χ0v) is 16.0. The Kier molecular flexibility index (Phi) is 6.08. The van der Waals surface area contributed by atoms with Gasteiger partial charge in [0.1, 0.15) is 29.4 Å². The van der Waals surface area contributed by atoms with Crippen molar-refractivity contribution in [3.05, 3.63) is 48.9 Å². The predicted molar refractivity (Wildman–Crippen MR) is 109 cm³/mol. The van der Waals surface area contributed by atoms with E-state index in [1.807, 2.05) is 36.5 Å². The van der Waals surface area contributed by atoms with Gasteiger partial charge in [0, 0.05) is 31.1 Å². The Bertz CT molecular complexity index is 1070. The average Bonchev–Trinajstić information content (AvgIpc) is 3.16. The predicted octanol–water partition coefficient (Wildman–Crippen LogP) is 2.23. The lowest BCUT2D eigenvalue weighted by Gasteiger charge is -2.13. The van der Waals surface area contributed by atoms with E-state index in [2.05, 4.69) is 20.3 Å². The molecular formula is C20H20N6O3. The normalized spacial score (nSPS) is 12.4. The molecule has 0 aliphatic rings. The molecule has 9 heteroatoms. The van der Waals surface area contributed by atoms with Crippen LogP contribution in [-0.2, 0) is 14.3 Å². The van der Waals surface area contributed by atoms with Crippen LogP contribution in [0.25, 0.3) is 16.9 Å². The van der Waals surface area contributed by atoms with Crippen LogP contribution in [0.1, 0.15) is 6.92 Å². The van der Waals surface area contributed by atoms with Gasteiger partial charge in [-0.25, -0.2) is 9.97 Å². The van der Waals surface area contributed by atoms with Gasteiger partial charge < -0.3 is 15.5 Å². The zero-order chi connectivity index (χ0) is 20.8. The summed E-state index contributed by atoms with van der Waals surface area (Å²) in [6.45, 7) is 1.79. The van der Waals surface area contributed by atoms with Gasteiger partial charge in [0.2, 0.25) is 0 Å². The van der Waals surface area contributed by atoms with Crippen molar-refractivity contribution >= 4 is 35.3 Å². The fourth-order valence-electron chi connectivity index (χ4n) is 2.76. The van der Waals surface area contributed by atoms with Crippen LogP contribution in [0.5, 0.6) is 0 Å². The third-order valence-corrected chi connectivity index (χ3v) is 4.13. The molecule has 2 aromatic heterocycles. The van der Waals surface area contributed by atoms with E-state index >= 15 is 0 Å². The summed E-state index contributed by atoms with van der Waals surface area (Å²) in [6, 6.07) is 11.3. The standard InChI is InChI=1S/C20H20N6O3/c1-3-29-20(28)14(10-21)18(22-2)19(27)25-16-9-17-24-15(11-26(17)12-23-16)13-7-5-4-6-8-13/h4-12,14,21H,3H2,1-2H3,(H,25,27). The second-order valence-electron chi connectivity index (χ2n) is 5.99. The molecule has 0 bridgehead atoms. The number of anilines is 1. The Morgan fingerprint density at radius 1 is 1.34 bits per heavy atom. The number of ether oxygens (including phenoxy) is 1. The molecule has 2 heterocycles. The minimum Gasteiger partial charge on any atom is -0.465 e. The first-order valence-electron chi connectivity index (χ1n) is 8.92. The van der Waals surface area contributed by atoms with Gasteiger partial charge >= 0.3 is 5.97 Å². The SMILES string of the molecule is CCOC(=O)C(C=N)C(=NC)C(=O)Nc1cc2nc(-c3ccccc3)cn2cn1. The van der Waals surface area contributed by atoms with Gasteiger partial charge in [0.15, 0.2) is 0 Å². The van der Waals surface area contributed by atoms with E-state index in [1.54, 1.807) is 17.4 Å². The minimum absolute atomic E-state index is 0.131. The summed E-state index contributed by atoms with van der Waals surface area (Å²) in [5.74, 6) is -2.27. The molecule has 1 unspecified atom stereocenters. The van der Waals surface area contributed by atoms with E-state index in [-0.39, 0.29) is 18.1 Å².